The molecule has 0 heterocycles. The second-order valence-corrected chi connectivity index (χ2v) is 4.70. The van der Waals surface area contributed by atoms with Gasteiger partial charge in [0, 0.05) is 7.11 Å². The van der Waals surface area contributed by atoms with Gasteiger partial charge in [0.15, 0.2) is 0 Å². The first-order valence-corrected chi connectivity index (χ1v) is 7.40. The van der Waals surface area contributed by atoms with Crippen LogP contribution >= 0.6 is 0 Å². The summed E-state index contributed by atoms with van der Waals surface area (Å²) in [4.78, 5) is 0. The van der Waals surface area contributed by atoms with E-state index in [2.05, 4.69) is 6.92 Å². The normalized spacial score (nSPS) is 12.3. The van der Waals surface area contributed by atoms with Crippen molar-refractivity contribution in [3.05, 3.63) is 29.8 Å². The molecule has 21 heavy (non-hydrogen) atoms. The standard InChI is InChI=1S/C16H27NO4/c1-3-8-21-15-6-4-14(5-7-15)16(17)13-20-12-11-19-10-9-18-2/h4-7,16H,3,8-13,17H2,1-2H3. The molecule has 0 spiro atoms. The van der Waals surface area contributed by atoms with Gasteiger partial charge in [-0.3, -0.25) is 0 Å². The van der Waals surface area contributed by atoms with E-state index in [9.17, 15) is 0 Å². The average molecular weight is 297 g/mol. The molecular formula is C16H27NO4. The predicted molar refractivity (Wildman–Crippen MR) is 82.7 cm³/mol. The topological polar surface area (TPSA) is 62.9 Å². The van der Waals surface area contributed by atoms with E-state index < -0.39 is 0 Å². The molecule has 0 aliphatic heterocycles. The number of hydrogen-bond acceptors (Lipinski definition) is 5. The smallest absolute Gasteiger partial charge is 0.119 e. The number of rotatable bonds is 12. The van der Waals surface area contributed by atoms with Crippen molar-refractivity contribution in [2.75, 3.05) is 46.8 Å². The fourth-order valence-corrected chi connectivity index (χ4v) is 1.70. The lowest BCUT2D eigenvalue weighted by Gasteiger charge is -2.13. The minimum atomic E-state index is -0.135. The minimum Gasteiger partial charge on any atom is -0.494 e. The molecule has 0 aliphatic rings. The third-order valence-corrected chi connectivity index (χ3v) is 2.88. The molecular weight excluding hydrogens is 270 g/mol. The van der Waals surface area contributed by atoms with Crippen molar-refractivity contribution in [3.8, 4) is 5.75 Å². The first-order valence-electron chi connectivity index (χ1n) is 7.40. The molecule has 0 aliphatic carbocycles. The fourth-order valence-electron chi connectivity index (χ4n) is 1.70. The maximum absolute atomic E-state index is 6.08. The van der Waals surface area contributed by atoms with Gasteiger partial charge < -0.3 is 24.7 Å². The van der Waals surface area contributed by atoms with Crippen LogP contribution in [0.4, 0.5) is 0 Å². The monoisotopic (exact) mass is 297 g/mol. The van der Waals surface area contributed by atoms with Crippen LogP contribution in [-0.4, -0.2) is 46.8 Å². The van der Waals surface area contributed by atoms with Gasteiger partial charge in [-0.25, -0.2) is 0 Å². The Hall–Kier alpha value is -1.14. The largest absolute Gasteiger partial charge is 0.494 e. The lowest BCUT2D eigenvalue weighted by Crippen LogP contribution is -2.19. The summed E-state index contributed by atoms with van der Waals surface area (Å²) in [5.41, 5.74) is 7.12. The van der Waals surface area contributed by atoms with Gasteiger partial charge in [0.25, 0.3) is 0 Å². The van der Waals surface area contributed by atoms with E-state index >= 15 is 0 Å². The molecule has 0 saturated carbocycles. The Bertz CT molecular complexity index is 356. The highest BCUT2D eigenvalue weighted by molar-refractivity contribution is 5.29. The van der Waals surface area contributed by atoms with Gasteiger partial charge in [-0.2, -0.15) is 0 Å². The third kappa shape index (κ3) is 8.02. The van der Waals surface area contributed by atoms with Crippen LogP contribution in [0.1, 0.15) is 24.9 Å². The highest BCUT2D eigenvalue weighted by atomic mass is 16.5. The van der Waals surface area contributed by atoms with Crippen LogP contribution in [0.2, 0.25) is 0 Å². The van der Waals surface area contributed by atoms with Crippen molar-refractivity contribution in [2.24, 2.45) is 5.73 Å². The molecule has 1 aromatic rings. The average Bonchev–Trinajstić information content (AvgIpc) is 2.52. The highest BCUT2D eigenvalue weighted by Gasteiger charge is 2.06. The van der Waals surface area contributed by atoms with Crippen LogP contribution in [0.15, 0.2) is 24.3 Å². The molecule has 120 valence electrons. The van der Waals surface area contributed by atoms with Crippen molar-refractivity contribution < 1.29 is 18.9 Å². The van der Waals surface area contributed by atoms with E-state index in [1.54, 1.807) is 7.11 Å². The fraction of sp³-hybridized carbons (Fsp3) is 0.625. The lowest BCUT2D eigenvalue weighted by atomic mass is 10.1. The number of ether oxygens (including phenoxy) is 4. The van der Waals surface area contributed by atoms with Crippen molar-refractivity contribution in [1.29, 1.82) is 0 Å². The summed E-state index contributed by atoms with van der Waals surface area (Å²) in [6, 6.07) is 7.71. The Kier molecular flexibility index (Phi) is 9.82. The van der Waals surface area contributed by atoms with Crippen molar-refractivity contribution in [3.63, 3.8) is 0 Å². The molecule has 5 nitrogen and oxygen atoms in total. The second kappa shape index (κ2) is 11.5. The van der Waals surface area contributed by atoms with E-state index in [1.165, 1.54) is 0 Å². The first-order chi connectivity index (χ1) is 10.3. The Labute approximate surface area is 127 Å². The summed E-state index contributed by atoms with van der Waals surface area (Å²) < 4.78 is 21.2. The van der Waals surface area contributed by atoms with Crippen LogP contribution in [0.5, 0.6) is 5.75 Å². The summed E-state index contributed by atoms with van der Waals surface area (Å²) in [6.45, 7) is 5.58. The van der Waals surface area contributed by atoms with Gasteiger partial charge >= 0.3 is 0 Å². The number of benzene rings is 1. The molecule has 1 atom stereocenters. The van der Waals surface area contributed by atoms with Gasteiger partial charge in [-0.05, 0) is 24.1 Å². The summed E-state index contributed by atoms with van der Waals surface area (Å²) >= 11 is 0. The predicted octanol–water partition coefficient (Wildman–Crippen LogP) is 2.15. The van der Waals surface area contributed by atoms with Crippen LogP contribution in [0.3, 0.4) is 0 Å². The van der Waals surface area contributed by atoms with Crippen LogP contribution in [0, 0.1) is 0 Å². The Morgan fingerprint density at radius 1 is 0.952 bits per heavy atom. The third-order valence-electron chi connectivity index (χ3n) is 2.88. The van der Waals surface area contributed by atoms with Crippen molar-refractivity contribution >= 4 is 0 Å². The van der Waals surface area contributed by atoms with E-state index in [0.29, 0.717) is 33.0 Å². The van der Waals surface area contributed by atoms with Crippen LogP contribution in [0.25, 0.3) is 0 Å². The molecule has 0 saturated heterocycles. The molecule has 1 rings (SSSR count). The van der Waals surface area contributed by atoms with E-state index in [1.807, 2.05) is 24.3 Å². The molecule has 1 unspecified atom stereocenters. The zero-order chi connectivity index (χ0) is 15.3. The molecule has 1 aromatic carbocycles. The van der Waals surface area contributed by atoms with Crippen molar-refractivity contribution in [2.45, 2.75) is 19.4 Å². The summed E-state index contributed by atoms with van der Waals surface area (Å²) in [5, 5.41) is 0. The number of methoxy groups -OCH3 is 1. The van der Waals surface area contributed by atoms with E-state index in [4.69, 9.17) is 24.7 Å². The molecule has 0 aromatic heterocycles. The lowest BCUT2D eigenvalue weighted by molar-refractivity contribution is 0.0216. The van der Waals surface area contributed by atoms with Gasteiger partial charge in [0.2, 0.25) is 0 Å². The Balaban J connectivity index is 2.17. The molecule has 5 heteroatoms. The Morgan fingerprint density at radius 3 is 2.29 bits per heavy atom. The van der Waals surface area contributed by atoms with Crippen molar-refractivity contribution in [1.82, 2.24) is 0 Å². The minimum absolute atomic E-state index is 0.135. The van der Waals surface area contributed by atoms with Crippen LogP contribution < -0.4 is 10.5 Å². The van der Waals surface area contributed by atoms with E-state index in [-0.39, 0.29) is 6.04 Å². The number of hydrogen-bond donors (Lipinski definition) is 1. The maximum Gasteiger partial charge on any atom is 0.119 e. The molecule has 0 amide bonds. The first kappa shape index (κ1) is 17.9. The zero-order valence-corrected chi connectivity index (χ0v) is 13.0. The van der Waals surface area contributed by atoms with Gasteiger partial charge in [-0.15, -0.1) is 0 Å². The van der Waals surface area contributed by atoms with Gasteiger partial charge in [0.1, 0.15) is 5.75 Å². The summed E-state index contributed by atoms with van der Waals surface area (Å²) in [7, 11) is 1.65. The molecule has 0 fully saturated rings. The maximum atomic E-state index is 6.08. The summed E-state index contributed by atoms with van der Waals surface area (Å²) in [5.74, 6) is 0.875. The molecule has 0 bridgehead atoms. The number of nitrogens with two attached hydrogens (primary N) is 1. The van der Waals surface area contributed by atoms with Crippen LogP contribution in [-0.2, 0) is 14.2 Å². The quantitative estimate of drug-likeness (QED) is 0.599. The second-order valence-electron chi connectivity index (χ2n) is 4.70. The van der Waals surface area contributed by atoms with Gasteiger partial charge in [-0.1, -0.05) is 19.1 Å². The SMILES string of the molecule is CCCOc1ccc(C(N)COCCOCCOC)cc1. The molecule has 0 radical (unpaired) electrons. The van der Waals surface area contributed by atoms with E-state index in [0.717, 1.165) is 24.3 Å². The Morgan fingerprint density at radius 2 is 1.62 bits per heavy atom. The molecule has 2 N–H and O–H groups in total. The highest BCUT2D eigenvalue weighted by Crippen LogP contribution is 2.16. The summed E-state index contributed by atoms with van der Waals surface area (Å²) in [6.07, 6.45) is 1.00. The zero-order valence-electron chi connectivity index (χ0n) is 13.0. The van der Waals surface area contributed by atoms with Gasteiger partial charge in [0.05, 0.1) is 45.7 Å².